The van der Waals surface area contributed by atoms with Crippen molar-refractivity contribution in [3.63, 3.8) is 0 Å². The predicted octanol–water partition coefficient (Wildman–Crippen LogP) is -0.972. The molecular formula is C10H15N3O4. The Hall–Kier alpha value is -2.23. The van der Waals surface area contributed by atoms with Crippen molar-refractivity contribution >= 4 is 17.9 Å². The Morgan fingerprint density at radius 2 is 2.06 bits per heavy atom. The van der Waals surface area contributed by atoms with Crippen LogP contribution in [-0.4, -0.2) is 35.6 Å². The fraction of sp³-hybridized carbons (Fsp3) is 0.500. The first-order chi connectivity index (χ1) is 7.97. The fourth-order valence-corrected chi connectivity index (χ4v) is 0.974. The number of primary amides is 1. The van der Waals surface area contributed by atoms with E-state index in [2.05, 4.69) is 22.5 Å². The lowest BCUT2D eigenvalue weighted by molar-refractivity contribution is -0.140. The number of aliphatic carboxylic acids is 1. The number of carboxylic acids is 1. The molecule has 0 heterocycles. The lowest BCUT2D eigenvalue weighted by Gasteiger charge is -2.12. The van der Waals surface area contributed by atoms with Crippen LogP contribution in [0, 0.1) is 11.8 Å². The molecule has 0 aliphatic heterocycles. The summed E-state index contributed by atoms with van der Waals surface area (Å²) in [5, 5.41) is 13.2. The van der Waals surface area contributed by atoms with Crippen molar-refractivity contribution in [2.75, 3.05) is 6.54 Å². The zero-order valence-corrected chi connectivity index (χ0v) is 9.45. The normalized spacial score (nSPS) is 10.6. The monoisotopic (exact) mass is 241 g/mol. The minimum atomic E-state index is -1.32. The van der Waals surface area contributed by atoms with Gasteiger partial charge in [0.05, 0.1) is 6.42 Å². The Kier molecular flexibility index (Phi) is 6.94. The summed E-state index contributed by atoms with van der Waals surface area (Å²) in [6, 6.07) is -1.98. The first kappa shape index (κ1) is 14.8. The molecule has 0 spiro atoms. The summed E-state index contributed by atoms with van der Waals surface area (Å²) >= 11 is 0. The Balaban J connectivity index is 4.07. The van der Waals surface area contributed by atoms with Crippen LogP contribution in [0.1, 0.15) is 19.8 Å². The first-order valence-electron chi connectivity index (χ1n) is 4.92. The highest BCUT2D eigenvalue weighted by Crippen LogP contribution is 1.91. The number of rotatable bonds is 6. The van der Waals surface area contributed by atoms with Crippen molar-refractivity contribution in [2.45, 2.75) is 25.8 Å². The summed E-state index contributed by atoms with van der Waals surface area (Å²) in [5.41, 5.74) is 4.85. The quantitative estimate of drug-likeness (QED) is 0.353. The van der Waals surface area contributed by atoms with E-state index in [1.165, 1.54) is 0 Å². The minimum absolute atomic E-state index is 0.301. The van der Waals surface area contributed by atoms with Crippen molar-refractivity contribution in [2.24, 2.45) is 5.73 Å². The third-order valence-corrected chi connectivity index (χ3v) is 1.72. The molecule has 5 N–H and O–H groups in total. The third kappa shape index (κ3) is 7.67. The molecule has 7 nitrogen and oxygen atoms in total. The fourth-order valence-electron chi connectivity index (χ4n) is 0.974. The molecule has 0 unspecified atom stereocenters. The maximum atomic E-state index is 11.2. The van der Waals surface area contributed by atoms with Gasteiger partial charge in [0.15, 0.2) is 0 Å². The summed E-state index contributed by atoms with van der Waals surface area (Å²) in [6.07, 6.45) is 0.0228. The van der Waals surface area contributed by atoms with Gasteiger partial charge in [-0.05, 0) is 6.92 Å². The van der Waals surface area contributed by atoms with Crippen molar-refractivity contribution in [3.8, 4) is 11.8 Å². The summed E-state index contributed by atoms with van der Waals surface area (Å²) in [4.78, 5) is 32.5. The van der Waals surface area contributed by atoms with E-state index in [1.807, 2.05) is 0 Å². The van der Waals surface area contributed by atoms with Gasteiger partial charge < -0.3 is 21.5 Å². The van der Waals surface area contributed by atoms with Crippen LogP contribution in [-0.2, 0) is 9.59 Å². The van der Waals surface area contributed by atoms with Crippen LogP contribution in [0.3, 0.4) is 0 Å². The van der Waals surface area contributed by atoms with Gasteiger partial charge in [-0.1, -0.05) is 0 Å². The zero-order valence-electron chi connectivity index (χ0n) is 9.45. The van der Waals surface area contributed by atoms with Crippen molar-refractivity contribution in [3.05, 3.63) is 0 Å². The van der Waals surface area contributed by atoms with E-state index in [-0.39, 0.29) is 0 Å². The standard InChI is InChI=1S/C10H15N3O4/c1-2-3-4-5-12-10(17)13-7(9(15)16)6-8(11)14/h7H,4-6H2,1H3,(H2,11,14)(H,15,16)(H2,12,13,17)/t7-/m1/s1. The summed E-state index contributed by atoms with van der Waals surface area (Å²) in [5.74, 6) is 3.27. The first-order valence-corrected chi connectivity index (χ1v) is 4.92. The number of amides is 3. The summed E-state index contributed by atoms with van der Waals surface area (Å²) in [6.45, 7) is 1.98. The van der Waals surface area contributed by atoms with Crippen LogP contribution >= 0.6 is 0 Å². The number of hydrogen-bond acceptors (Lipinski definition) is 3. The van der Waals surface area contributed by atoms with Gasteiger partial charge in [0.2, 0.25) is 5.91 Å². The van der Waals surface area contributed by atoms with Gasteiger partial charge >= 0.3 is 12.0 Å². The maximum Gasteiger partial charge on any atom is 0.326 e. The molecule has 3 amide bonds. The summed E-state index contributed by atoms with van der Waals surface area (Å²) in [7, 11) is 0. The number of urea groups is 1. The van der Waals surface area contributed by atoms with Gasteiger partial charge in [-0.3, -0.25) is 4.79 Å². The van der Waals surface area contributed by atoms with E-state index in [0.29, 0.717) is 13.0 Å². The SMILES string of the molecule is CC#CCCNC(=O)N[C@H](CC(N)=O)C(=O)O. The molecule has 0 bridgehead atoms. The van der Waals surface area contributed by atoms with E-state index in [0.717, 1.165) is 0 Å². The molecule has 0 aliphatic rings. The molecular weight excluding hydrogens is 226 g/mol. The average molecular weight is 241 g/mol. The van der Waals surface area contributed by atoms with Gasteiger partial charge in [-0.2, -0.15) is 0 Å². The molecule has 0 fully saturated rings. The topological polar surface area (TPSA) is 122 Å². The van der Waals surface area contributed by atoms with Gasteiger partial charge in [-0.15, -0.1) is 11.8 Å². The molecule has 7 heteroatoms. The van der Waals surface area contributed by atoms with Gasteiger partial charge in [-0.25, -0.2) is 9.59 Å². The van der Waals surface area contributed by atoms with Gasteiger partial charge in [0.1, 0.15) is 6.04 Å². The van der Waals surface area contributed by atoms with Crippen molar-refractivity contribution < 1.29 is 19.5 Å². The second-order valence-electron chi connectivity index (χ2n) is 3.14. The van der Waals surface area contributed by atoms with E-state index in [4.69, 9.17) is 10.8 Å². The van der Waals surface area contributed by atoms with Crippen LogP contribution in [0.5, 0.6) is 0 Å². The largest absolute Gasteiger partial charge is 0.480 e. The third-order valence-electron chi connectivity index (χ3n) is 1.72. The maximum absolute atomic E-state index is 11.2. The molecule has 0 saturated heterocycles. The Morgan fingerprint density at radius 3 is 2.53 bits per heavy atom. The van der Waals surface area contributed by atoms with Crippen molar-refractivity contribution in [1.82, 2.24) is 10.6 Å². The Labute approximate surface area is 98.7 Å². The van der Waals surface area contributed by atoms with Crippen LogP contribution < -0.4 is 16.4 Å². The number of nitrogens with two attached hydrogens (primary N) is 1. The van der Waals surface area contributed by atoms with Crippen molar-refractivity contribution in [1.29, 1.82) is 0 Å². The smallest absolute Gasteiger partial charge is 0.326 e. The molecule has 0 saturated carbocycles. The van der Waals surface area contributed by atoms with Gasteiger partial charge in [0, 0.05) is 13.0 Å². The zero-order chi connectivity index (χ0) is 13.3. The van der Waals surface area contributed by atoms with Crippen LogP contribution in [0.15, 0.2) is 0 Å². The molecule has 0 rings (SSSR count). The highest BCUT2D eigenvalue weighted by atomic mass is 16.4. The second kappa shape index (κ2) is 7.98. The Morgan fingerprint density at radius 1 is 1.41 bits per heavy atom. The number of carboxylic acid groups (broad SMARTS) is 1. The van der Waals surface area contributed by atoms with Gasteiger partial charge in [0.25, 0.3) is 0 Å². The number of carbonyl (C=O) groups is 3. The molecule has 17 heavy (non-hydrogen) atoms. The molecule has 0 aromatic heterocycles. The Bertz CT molecular complexity index is 356. The molecule has 0 aromatic rings. The molecule has 94 valence electrons. The van der Waals surface area contributed by atoms with E-state index in [9.17, 15) is 14.4 Å². The average Bonchev–Trinajstić information content (AvgIpc) is 2.22. The van der Waals surface area contributed by atoms with Crippen LogP contribution in [0.4, 0.5) is 4.79 Å². The molecule has 0 aromatic carbocycles. The minimum Gasteiger partial charge on any atom is -0.480 e. The predicted molar refractivity (Wildman–Crippen MR) is 59.8 cm³/mol. The molecule has 0 radical (unpaired) electrons. The lowest BCUT2D eigenvalue weighted by atomic mass is 10.2. The molecule has 1 atom stereocenters. The van der Waals surface area contributed by atoms with E-state index in [1.54, 1.807) is 6.92 Å². The number of carbonyl (C=O) groups excluding carboxylic acids is 2. The van der Waals surface area contributed by atoms with Crippen LogP contribution in [0.25, 0.3) is 0 Å². The lowest BCUT2D eigenvalue weighted by Crippen LogP contribution is -2.47. The highest BCUT2D eigenvalue weighted by molar-refractivity contribution is 5.87. The molecule has 0 aliphatic carbocycles. The number of hydrogen-bond donors (Lipinski definition) is 4. The second-order valence-corrected chi connectivity index (χ2v) is 3.14. The van der Waals surface area contributed by atoms with E-state index < -0.39 is 30.4 Å². The van der Waals surface area contributed by atoms with Crippen LogP contribution in [0.2, 0.25) is 0 Å². The highest BCUT2D eigenvalue weighted by Gasteiger charge is 2.21. The van der Waals surface area contributed by atoms with E-state index >= 15 is 0 Å². The summed E-state index contributed by atoms with van der Waals surface area (Å²) < 4.78 is 0. The number of nitrogens with one attached hydrogen (secondary N) is 2.